The normalized spacial score (nSPS) is 10.5. The van der Waals surface area contributed by atoms with Crippen molar-refractivity contribution in [2.24, 2.45) is 0 Å². The van der Waals surface area contributed by atoms with Crippen molar-refractivity contribution >= 4 is 17.6 Å². The van der Waals surface area contributed by atoms with Crippen LogP contribution in [0.1, 0.15) is 10.5 Å². The summed E-state index contributed by atoms with van der Waals surface area (Å²) < 4.78 is 1.70. The molecule has 2 aromatic carbocycles. The van der Waals surface area contributed by atoms with E-state index in [-0.39, 0.29) is 5.69 Å². The van der Waals surface area contributed by atoms with Crippen LogP contribution in [0, 0.1) is 0 Å². The minimum absolute atomic E-state index is 0.0197. The Hall–Kier alpha value is -2.59. The molecule has 1 aromatic heterocycles. The van der Waals surface area contributed by atoms with E-state index in [2.05, 4.69) is 4.98 Å². The molecule has 4 nitrogen and oxygen atoms in total. The number of hydrogen-bond donors (Lipinski definition) is 1. The van der Waals surface area contributed by atoms with Crippen LogP contribution < -0.4 is 0 Å². The van der Waals surface area contributed by atoms with Crippen LogP contribution in [-0.2, 0) is 0 Å². The number of benzene rings is 2. The van der Waals surface area contributed by atoms with Crippen LogP contribution in [0.15, 0.2) is 60.8 Å². The second-order valence-electron chi connectivity index (χ2n) is 4.44. The van der Waals surface area contributed by atoms with Gasteiger partial charge in [0.15, 0.2) is 5.69 Å². The van der Waals surface area contributed by atoms with E-state index in [4.69, 9.17) is 11.6 Å². The molecule has 104 valence electrons. The topological polar surface area (TPSA) is 55.1 Å². The monoisotopic (exact) mass is 298 g/mol. The molecular weight excluding hydrogens is 288 g/mol. The van der Waals surface area contributed by atoms with Crippen molar-refractivity contribution in [3.8, 4) is 17.1 Å². The Kier molecular flexibility index (Phi) is 3.46. The molecule has 0 amide bonds. The summed E-state index contributed by atoms with van der Waals surface area (Å²) in [5, 5.41) is 9.71. The molecule has 0 aliphatic heterocycles. The van der Waals surface area contributed by atoms with Crippen LogP contribution in [0.2, 0.25) is 5.02 Å². The highest BCUT2D eigenvalue weighted by atomic mass is 35.5. The second-order valence-corrected chi connectivity index (χ2v) is 4.85. The quantitative estimate of drug-likeness (QED) is 0.798. The van der Waals surface area contributed by atoms with Gasteiger partial charge >= 0.3 is 5.97 Å². The van der Waals surface area contributed by atoms with Crippen molar-refractivity contribution in [2.75, 3.05) is 0 Å². The minimum Gasteiger partial charge on any atom is -0.476 e. The van der Waals surface area contributed by atoms with E-state index in [1.54, 1.807) is 10.6 Å². The molecular formula is C16H11ClN2O2. The first-order valence-electron chi connectivity index (χ1n) is 6.30. The van der Waals surface area contributed by atoms with Crippen molar-refractivity contribution in [1.82, 2.24) is 9.55 Å². The molecule has 3 aromatic rings. The van der Waals surface area contributed by atoms with Crippen LogP contribution in [0.3, 0.4) is 0 Å². The van der Waals surface area contributed by atoms with Gasteiger partial charge in [0, 0.05) is 11.8 Å². The van der Waals surface area contributed by atoms with Crippen molar-refractivity contribution in [3.05, 3.63) is 71.5 Å². The summed E-state index contributed by atoms with van der Waals surface area (Å²) in [6, 6.07) is 16.6. The maximum atomic E-state index is 11.2. The number of carbonyl (C=O) groups is 1. The highest BCUT2D eigenvalue weighted by molar-refractivity contribution is 6.32. The van der Waals surface area contributed by atoms with E-state index in [0.29, 0.717) is 16.5 Å². The van der Waals surface area contributed by atoms with Gasteiger partial charge in [0.2, 0.25) is 0 Å². The van der Waals surface area contributed by atoms with Gasteiger partial charge in [-0.15, -0.1) is 0 Å². The molecule has 0 aliphatic rings. The lowest BCUT2D eigenvalue weighted by Crippen LogP contribution is -1.96. The summed E-state index contributed by atoms with van der Waals surface area (Å²) in [7, 11) is 0. The summed E-state index contributed by atoms with van der Waals surface area (Å²) in [6.45, 7) is 0. The number of rotatable bonds is 3. The van der Waals surface area contributed by atoms with Crippen molar-refractivity contribution in [2.45, 2.75) is 0 Å². The molecule has 0 spiro atoms. The van der Waals surface area contributed by atoms with E-state index in [9.17, 15) is 9.90 Å². The molecule has 1 heterocycles. The fourth-order valence-electron chi connectivity index (χ4n) is 2.10. The maximum Gasteiger partial charge on any atom is 0.356 e. The summed E-state index contributed by atoms with van der Waals surface area (Å²) in [5.41, 5.74) is 1.50. The number of carboxylic acids is 1. The Labute approximate surface area is 126 Å². The van der Waals surface area contributed by atoms with Crippen LogP contribution in [0.4, 0.5) is 0 Å². The third kappa shape index (κ3) is 2.53. The molecule has 0 atom stereocenters. The van der Waals surface area contributed by atoms with Gasteiger partial charge in [-0.2, -0.15) is 0 Å². The van der Waals surface area contributed by atoms with E-state index >= 15 is 0 Å². The molecule has 0 aliphatic carbocycles. The van der Waals surface area contributed by atoms with Crippen LogP contribution in [0.25, 0.3) is 17.1 Å². The van der Waals surface area contributed by atoms with Gasteiger partial charge in [-0.3, -0.25) is 4.57 Å². The number of imidazole rings is 1. The Morgan fingerprint density at radius 3 is 2.38 bits per heavy atom. The van der Waals surface area contributed by atoms with Crippen molar-refractivity contribution in [3.63, 3.8) is 0 Å². The predicted molar refractivity (Wildman–Crippen MR) is 81.0 cm³/mol. The van der Waals surface area contributed by atoms with E-state index in [0.717, 1.165) is 5.56 Å². The summed E-state index contributed by atoms with van der Waals surface area (Å²) in [4.78, 5) is 15.4. The summed E-state index contributed by atoms with van der Waals surface area (Å²) >= 11 is 6.21. The minimum atomic E-state index is -1.07. The predicted octanol–water partition coefficient (Wildman–Crippen LogP) is 3.89. The van der Waals surface area contributed by atoms with Gasteiger partial charge in [0.25, 0.3) is 0 Å². The molecule has 0 bridgehead atoms. The van der Waals surface area contributed by atoms with Crippen LogP contribution >= 0.6 is 11.6 Å². The van der Waals surface area contributed by atoms with E-state index in [1.807, 2.05) is 48.5 Å². The van der Waals surface area contributed by atoms with Crippen molar-refractivity contribution < 1.29 is 9.90 Å². The average molecular weight is 299 g/mol. The smallest absolute Gasteiger partial charge is 0.356 e. The second kappa shape index (κ2) is 5.42. The number of aromatic carboxylic acids is 1. The zero-order valence-corrected chi connectivity index (χ0v) is 11.7. The third-order valence-electron chi connectivity index (χ3n) is 3.07. The number of nitrogens with zero attached hydrogens (tertiary/aromatic N) is 2. The Bertz CT molecular complexity index is 797. The molecule has 0 saturated carbocycles. The molecule has 3 rings (SSSR count). The summed E-state index contributed by atoms with van der Waals surface area (Å²) in [5.74, 6) is -0.529. The third-order valence-corrected chi connectivity index (χ3v) is 3.39. The maximum absolute atomic E-state index is 11.2. The number of aromatic nitrogens is 2. The first-order chi connectivity index (χ1) is 10.2. The lowest BCUT2D eigenvalue weighted by atomic mass is 10.2. The SMILES string of the molecule is O=C(O)c1cn(-c2ccccc2Cl)c(-c2ccccc2)n1. The van der Waals surface area contributed by atoms with Gasteiger partial charge in [-0.1, -0.05) is 54.1 Å². The molecule has 5 heteroatoms. The Morgan fingerprint density at radius 1 is 1.05 bits per heavy atom. The fourth-order valence-corrected chi connectivity index (χ4v) is 2.33. The summed E-state index contributed by atoms with van der Waals surface area (Å²) in [6.07, 6.45) is 1.48. The van der Waals surface area contributed by atoms with Crippen LogP contribution in [-0.4, -0.2) is 20.6 Å². The zero-order chi connectivity index (χ0) is 14.8. The van der Waals surface area contributed by atoms with E-state index in [1.165, 1.54) is 6.20 Å². The molecule has 21 heavy (non-hydrogen) atoms. The van der Waals surface area contributed by atoms with Gasteiger partial charge in [-0.05, 0) is 12.1 Å². The van der Waals surface area contributed by atoms with Gasteiger partial charge in [0.05, 0.1) is 10.7 Å². The molecule has 0 radical (unpaired) electrons. The average Bonchev–Trinajstić information content (AvgIpc) is 2.94. The number of hydrogen-bond acceptors (Lipinski definition) is 2. The number of carboxylic acid groups (broad SMARTS) is 1. The van der Waals surface area contributed by atoms with Crippen molar-refractivity contribution in [1.29, 1.82) is 0 Å². The molecule has 0 unspecified atom stereocenters. The zero-order valence-electron chi connectivity index (χ0n) is 10.9. The molecule has 0 saturated heterocycles. The highest BCUT2D eigenvalue weighted by Crippen LogP contribution is 2.27. The van der Waals surface area contributed by atoms with Gasteiger partial charge < -0.3 is 5.11 Å². The first kappa shape index (κ1) is 13.4. The van der Waals surface area contributed by atoms with Crippen LogP contribution in [0.5, 0.6) is 0 Å². The lowest BCUT2D eigenvalue weighted by molar-refractivity contribution is 0.0691. The molecule has 0 fully saturated rings. The highest BCUT2D eigenvalue weighted by Gasteiger charge is 2.16. The van der Waals surface area contributed by atoms with Gasteiger partial charge in [-0.25, -0.2) is 9.78 Å². The van der Waals surface area contributed by atoms with E-state index < -0.39 is 5.97 Å². The standard InChI is InChI=1S/C16H11ClN2O2/c17-12-8-4-5-9-14(12)19-10-13(16(20)21)18-15(19)11-6-2-1-3-7-11/h1-10H,(H,20,21). The largest absolute Gasteiger partial charge is 0.476 e. The Morgan fingerprint density at radius 2 is 1.71 bits per heavy atom. The lowest BCUT2D eigenvalue weighted by Gasteiger charge is -2.09. The number of para-hydroxylation sites is 1. The van der Waals surface area contributed by atoms with Gasteiger partial charge in [0.1, 0.15) is 5.82 Å². The number of halogens is 1. The Balaban J connectivity index is 2.24. The fraction of sp³-hybridized carbons (Fsp3) is 0. The first-order valence-corrected chi connectivity index (χ1v) is 6.67. The molecule has 1 N–H and O–H groups in total.